The predicted octanol–water partition coefficient (Wildman–Crippen LogP) is 2.68. The lowest BCUT2D eigenvalue weighted by atomic mass is 10.3. The first-order chi connectivity index (χ1) is 8.15. The number of nitrogens with one attached hydrogen (secondary N) is 1. The molecule has 0 spiro atoms. The van der Waals surface area contributed by atoms with Crippen molar-refractivity contribution in [2.45, 2.75) is 0 Å². The molecular weight excluding hydrogens is 286 g/mol. The lowest BCUT2D eigenvalue weighted by Gasteiger charge is -2.04. The molecule has 17 heavy (non-hydrogen) atoms. The van der Waals surface area contributed by atoms with Gasteiger partial charge in [-0.2, -0.15) is 0 Å². The topological polar surface area (TPSA) is 75.1 Å². The maximum Gasteiger partial charge on any atom is 0.338 e. The van der Waals surface area contributed by atoms with Crippen LogP contribution in [0.1, 0.15) is 10.4 Å². The van der Waals surface area contributed by atoms with Crippen LogP contribution in [0.25, 0.3) is 0 Å². The molecule has 0 saturated carbocycles. The zero-order valence-electron chi connectivity index (χ0n) is 8.59. The van der Waals surface area contributed by atoms with E-state index in [9.17, 15) is 4.79 Å². The summed E-state index contributed by atoms with van der Waals surface area (Å²) in [5.74, 6) is -0.688. The molecule has 1 aromatic carbocycles. The predicted molar refractivity (Wildman–Crippen MR) is 66.4 cm³/mol. The third-order valence-corrected chi connectivity index (χ3v) is 2.47. The Morgan fingerprint density at radius 1 is 1.29 bits per heavy atom. The van der Waals surface area contributed by atoms with Crippen LogP contribution in [0.3, 0.4) is 0 Å². The van der Waals surface area contributed by atoms with Gasteiger partial charge in [-0.05, 0) is 18.2 Å². The van der Waals surface area contributed by atoms with E-state index >= 15 is 0 Å². The molecule has 2 N–H and O–H groups in total. The lowest BCUT2D eigenvalue weighted by molar-refractivity contribution is 0.0696. The molecule has 0 unspecified atom stereocenters. The number of anilines is 2. The summed E-state index contributed by atoms with van der Waals surface area (Å²) >= 11 is 3.35. The van der Waals surface area contributed by atoms with E-state index in [0.717, 1.165) is 10.2 Å². The van der Waals surface area contributed by atoms with Gasteiger partial charge in [0.15, 0.2) is 0 Å². The molecule has 0 amide bonds. The Hall–Kier alpha value is -1.95. The average molecular weight is 294 g/mol. The summed E-state index contributed by atoms with van der Waals surface area (Å²) in [6, 6.07) is 7.51. The number of aromatic carboxylic acids is 1. The highest BCUT2D eigenvalue weighted by Crippen LogP contribution is 2.18. The van der Waals surface area contributed by atoms with Crippen LogP contribution in [0, 0.1) is 0 Å². The third kappa shape index (κ3) is 3.01. The van der Waals surface area contributed by atoms with Gasteiger partial charge in [0.05, 0.1) is 5.56 Å². The molecule has 5 nitrogen and oxygen atoms in total. The lowest BCUT2D eigenvalue weighted by Crippen LogP contribution is -2.01. The maximum atomic E-state index is 10.6. The second kappa shape index (κ2) is 4.92. The van der Waals surface area contributed by atoms with Gasteiger partial charge in [0.1, 0.15) is 0 Å². The Morgan fingerprint density at radius 3 is 2.59 bits per heavy atom. The van der Waals surface area contributed by atoms with Gasteiger partial charge in [0.2, 0.25) is 5.95 Å². The number of carbonyl (C=O) groups is 1. The number of rotatable bonds is 3. The van der Waals surface area contributed by atoms with E-state index in [1.807, 2.05) is 24.3 Å². The van der Waals surface area contributed by atoms with Gasteiger partial charge in [-0.25, -0.2) is 14.8 Å². The van der Waals surface area contributed by atoms with E-state index in [0.29, 0.717) is 5.95 Å². The summed E-state index contributed by atoms with van der Waals surface area (Å²) in [4.78, 5) is 18.4. The number of halogens is 1. The molecule has 0 aliphatic heterocycles. The third-order valence-electron chi connectivity index (χ3n) is 1.98. The van der Waals surface area contributed by atoms with E-state index in [-0.39, 0.29) is 5.56 Å². The Bertz CT molecular complexity index is 543. The molecule has 0 aliphatic rings. The van der Waals surface area contributed by atoms with Crippen LogP contribution in [0.4, 0.5) is 11.6 Å². The molecule has 2 rings (SSSR count). The number of carboxylic acids is 1. The van der Waals surface area contributed by atoms with Crippen molar-refractivity contribution in [3.8, 4) is 0 Å². The van der Waals surface area contributed by atoms with E-state index in [1.54, 1.807) is 0 Å². The van der Waals surface area contributed by atoms with E-state index in [4.69, 9.17) is 5.11 Å². The van der Waals surface area contributed by atoms with Gasteiger partial charge in [0, 0.05) is 22.6 Å². The van der Waals surface area contributed by atoms with Crippen molar-refractivity contribution >= 4 is 33.5 Å². The van der Waals surface area contributed by atoms with Crippen molar-refractivity contribution in [1.82, 2.24) is 9.97 Å². The van der Waals surface area contributed by atoms with Gasteiger partial charge in [0.25, 0.3) is 0 Å². The summed E-state index contributed by atoms with van der Waals surface area (Å²) in [5.41, 5.74) is 0.882. The van der Waals surface area contributed by atoms with E-state index < -0.39 is 5.97 Å². The zero-order chi connectivity index (χ0) is 12.3. The number of hydrogen-bond donors (Lipinski definition) is 2. The fraction of sp³-hybridized carbons (Fsp3) is 0. The van der Waals surface area contributed by atoms with Crippen molar-refractivity contribution in [3.63, 3.8) is 0 Å². The summed E-state index contributed by atoms with van der Waals surface area (Å²) in [6.45, 7) is 0. The molecule has 1 heterocycles. The molecule has 2 aromatic rings. The average Bonchev–Trinajstić information content (AvgIpc) is 2.29. The first kappa shape index (κ1) is 11.5. The standard InChI is InChI=1S/C11H8BrN3O2/c12-8-2-1-3-9(4-8)15-11-13-5-7(6-14-11)10(16)17/h1-6H,(H,16,17)(H,13,14,15). The molecule has 0 atom stereocenters. The van der Waals surface area contributed by atoms with E-state index in [1.165, 1.54) is 12.4 Å². The number of nitrogens with zero attached hydrogens (tertiary/aromatic N) is 2. The second-order valence-corrected chi connectivity index (χ2v) is 4.15. The molecular formula is C11H8BrN3O2. The minimum Gasteiger partial charge on any atom is -0.478 e. The van der Waals surface area contributed by atoms with E-state index in [2.05, 4.69) is 31.2 Å². The van der Waals surface area contributed by atoms with Gasteiger partial charge < -0.3 is 10.4 Å². The van der Waals surface area contributed by atoms with Crippen LogP contribution in [0.2, 0.25) is 0 Å². The SMILES string of the molecule is O=C(O)c1cnc(Nc2cccc(Br)c2)nc1. The summed E-state index contributed by atoms with van der Waals surface area (Å²) in [6.07, 6.45) is 2.52. The normalized spacial score (nSPS) is 9.94. The maximum absolute atomic E-state index is 10.6. The van der Waals surface area contributed by atoms with Crippen LogP contribution in [-0.2, 0) is 0 Å². The van der Waals surface area contributed by atoms with Crippen molar-refractivity contribution in [3.05, 3.63) is 46.7 Å². The van der Waals surface area contributed by atoms with Gasteiger partial charge in [-0.15, -0.1) is 0 Å². The van der Waals surface area contributed by atoms with Crippen LogP contribution >= 0.6 is 15.9 Å². The Balaban J connectivity index is 2.16. The van der Waals surface area contributed by atoms with Gasteiger partial charge >= 0.3 is 5.97 Å². The molecule has 0 radical (unpaired) electrons. The highest BCUT2D eigenvalue weighted by molar-refractivity contribution is 9.10. The minimum absolute atomic E-state index is 0.0600. The van der Waals surface area contributed by atoms with Crippen molar-refractivity contribution in [1.29, 1.82) is 0 Å². The fourth-order valence-corrected chi connectivity index (χ4v) is 1.60. The van der Waals surface area contributed by atoms with Crippen molar-refractivity contribution in [2.24, 2.45) is 0 Å². The van der Waals surface area contributed by atoms with Crippen molar-refractivity contribution in [2.75, 3.05) is 5.32 Å². The summed E-state index contributed by atoms with van der Waals surface area (Å²) in [7, 11) is 0. The summed E-state index contributed by atoms with van der Waals surface area (Å²) < 4.78 is 0.935. The van der Waals surface area contributed by atoms with Crippen LogP contribution < -0.4 is 5.32 Å². The molecule has 0 fully saturated rings. The van der Waals surface area contributed by atoms with Crippen LogP contribution in [0.5, 0.6) is 0 Å². The minimum atomic E-state index is -1.04. The highest BCUT2D eigenvalue weighted by Gasteiger charge is 2.04. The Morgan fingerprint density at radius 2 is 2.00 bits per heavy atom. The largest absolute Gasteiger partial charge is 0.478 e. The Labute approximate surface area is 106 Å². The van der Waals surface area contributed by atoms with Crippen LogP contribution in [-0.4, -0.2) is 21.0 Å². The number of carboxylic acid groups (broad SMARTS) is 1. The van der Waals surface area contributed by atoms with Crippen molar-refractivity contribution < 1.29 is 9.90 Å². The molecule has 0 aliphatic carbocycles. The monoisotopic (exact) mass is 293 g/mol. The van der Waals surface area contributed by atoms with Crippen LogP contribution in [0.15, 0.2) is 41.1 Å². The first-order valence-electron chi connectivity index (χ1n) is 4.73. The second-order valence-electron chi connectivity index (χ2n) is 3.24. The molecule has 1 aromatic heterocycles. The summed E-state index contributed by atoms with van der Waals surface area (Å²) in [5, 5.41) is 11.7. The van der Waals surface area contributed by atoms with Gasteiger partial charge in [-0.3, -0.25) is 0 Å². The van der Waals surface area contributed by atoms with Gasteiger partial charge in [-0.1, -0.05) is 22.0 Å². The molecule has 6 heteroatoms. The molecule has 0 bridgehead atoms. The number of hydrogen-bond acceptors (Lipinski definition) is 4. The fourth-order valence-electron chi connectivity index (χ4n) is 1.20. The molecule has 0 saturated heterocycles. The smallest absolute Gasteiger partial charge is 0.338 e. The zero-order valence-corrected chi connectivity index (χ0v) is 10.2. The first-order valence-corrected chi connectivity index (χ1v) is 5.52. The molecule has 86 valence electrons. The quantitative estimate of drug-likeness (QED) is 0.910. The number of aromatic nitrogens is 2. The highest BCUT2D eigenvalue weighted by atomic mass is 79.9. The Kier molecular flexibility index (Phi) is 3.34. The number of benzene rings is 1.